The molecule has 1 aromatic carbocycles. The number of rotatable bonds is 3. The van der Waals surface area contributed by atoms with Gasteiger partial charge in [0.1, 0.15) is 0 Å². The van der Waals surface area contributed by atoms with Crippen molar-refractivity contribution >= 4 is 17.3 Å². The summed E-state index contributed by atoms with van der Waals surface area (Å²) in [5, 5.41) is 6.25. The van der Waals surface area contributed by atoms with E-state index in [-0.39, 0.29) is 5.91 Å². The molecule has 2 heterocycles. The van der Waals surface area contributed by atoms with Crippen LogP contribution in [0.3, 0.4) is 0 Å². The molecule has 0 fully saturated rings. The molecule has 0 aliphatic carbocycles. The van der Waals surface area contributed by atoms with Gasteiger partial charge < -0.3 is 10.6 Å². The Bertz CT molecular complexity index is 652. The summed E-state index contributed by atoms with van der Waals surface area (Å²) >= 11 is 0. The van der Waals surface area contributed by atoms with E-state index in [4.69, 9.17) is 0 Å². The summed E-state index contributed by atoms with van der Waals surface area (Å²) in [6, 6.07) is 9.84. The fourth-order valence-electron chi connectivity index (χ4n) is 2.44. The van der Waals surface area contributed by atoms with Crippen LogP contribution in [0.5, 0.6) is 0 Å². The number of benzene rings is 1. The summed E-state index contributed by atoms with van der Waals surface area (Å²) < 4.78 is 0. The number of nitrogens with zero attached hydrogens (tertiary/aromatic N) is 1. The number of fused-ring (bicyclic) bond motifs is 1. The van der Waals surface area contributed by atoms with Crippen LogP contribution >= 0.6 is 0 Å². The van der Waals surface area contributed by atoms with Crippen molar-refractivity contribution in [3.8, 4) is 0 Å². The lowest BCUT2D eigenvalue weighted by Gasteiger charge is -2.08. The molecule has 2 N–H and O–H groups in total. The highest BCUT2D eigenvalue weighted by Gasteiger charge is 2.12. The van der Waals surface area contributed by atoms with E-state index >= 15 is 0 Å². The van der Waals surface area contributed by atoms with Crippen LogP contribution in [0, 0.1) is 6.92 Å². The summed E-state index contributed by atoms with van der Waals surface area (Å²) in [7, 11) is 0. The molecule has 2 aromatic rings. The number of amides is 1. The molecule has 0 atom stereocenters. The number of hydrogen-bond acceptors (Lipinski definition) is 3. The van der Waals surface area contributed by atoms with E-state index in [1.54, 1.807) is 6.20 Å². The zero-order valence-electron chi connectivity index (χ0n) is 11.4. The highest BCUT2D eigenvalue weighted by atomic mass is 16.1. The van der Waals surface area contributed by atoms with Gasteiger partial charge in [0.15, 0.2) is 0 Å². The third-order valence-corrected chi connectivity index (χ3v) is 3.54. The first-order valence-electron chi connectivity index (χ1n) is 6.79. The van der Waals surface area contributed by atoms with Crippen molar-refractivity contribution < 1.29 is 4.79 Å². The van der Waals surface area contributed by atoms with Gasteiger partial charge in [-0.1, -0.05) is 6.07 Å². The lowest BCUT2D eigenvalue weighted by molar-refractivity contribution is -0.115. The van der Waals surface area contributed by atoms with Crippen molar-refractivity contribution in [1.29, 1.82) is 0 Å². The number of nitrogens with one attached hydrogen (secondary N) is 2. The third-order valence-electron chi connectivity index (χ3n) is 3.54. The Labute approximate surface area is 118 Å². The van der Waals surface area contributed by atoms with Crippen molar-refractivity contribution in [1.82, 2.24) is 4.98 Å². The fourth-order valence-corrected chi connectivity index (χ4v) is 2.44. The Hall–Kier alpha value is -2.36. The first-order chi connectivity index (χ1) is 9.72. The second-order valence-corrected chi connectivity index (χ2v) is 5.04. The standard InChI is InChI=1S/C16H17N3O/c1-11-3-2-7-17-15(11)10-16(20)19-13-4-5-14-12(9-13)6-8-18-14/h2-5,7,9,18H,6,8,10H2,1H3,(H,19,20). The summed E-state index contributed by atoms with van der Waals surface area (Å²) in [6.45, 7) is 2.94. The molecule has 0 saturated heterocycles. The molecule has 4 nitrogen and oxygen atoms in total. The zero-order chi connectivity index (χ0) is 13.9. The molecule has 4 heteroatoms. The van der Waals surface area contributed by atoms with Crippen LogP contribution in [-0.4, -0.2) is 17.4 Å². The van der Waals surface area contributed by atoms with Gasteiger partial charge in [-0.2, -0.15) is 0 Å². The third kappa shape index (κ3) is 2.64. The van der Waals surface area contributed by atoms with E-state index in [0.717, 1.165) is 29.9 Å². The highest BCUT2D eigenvalue weighted by molar-refractivity contribution is 5.92. The van der Waals surface area contributed by atoms with E-state index in [9.17, 15) is 4.79 Å². The fraction of sp³-hybridized carbons (Fsp3) is 0.250. The molecule has 0 unspecified atom stereocenters. The van der Waals surface area contributed by atoms with Gasteiger partial charge in [0.2, 0.25) is 5.91 Å². The van der Waals surface area contributed by atoms with Crippen LogP contribution in [0.2, 0.25) is 0 Å². The Morgan fingerprint density at radius 3 is 3.15 bits per heavy atom. The molecule has 0 spiro atoms. The maximum absolute atomic E-state index is 12.1. The van der Waals surface area contributed by atoms with Crippen LogP contribution in [0.15, 0.2) is 36.5 Å². The number of hydrogen-bond donors (Lipinski definition) is 2. The summed E-state index contributed by atoms with van der Waals surface area (Å²) in [4.78, 5) is 16.3. The van der Waals surface area contributed by atoms with Crippen LogP contribution in [-0.2, 0) is 17.6 Å². The van der Waals surface area contributed by atoms with Gasteiger partial charge in [0.25, 0.3) is 0 Å². The average Bonchev–Trinajstić information content (AvgIpc) is 2.89. The number of aromatic nitrogens is 1. The monoisotopic (exact) mass is 267 g/mol. The van der Waals surface area contributed by atoms with Crippen LogP contribution in [0.25, 0.3) is 0 Å². The first kappa shape index (κ1) is 12.7. The average molecular weight is 267 g/mol. The lowest BCUT2D eigenvalue weighted by atomic mass is 10.1. The minimum Gasteiger partial charge on any atom is -0.384 e. The van der Waals surface area contributed by atoms with Crippen LogP contribution in [0.4, 0.5) is 11.4 Å². The molecule has 1 amide bonds. The molecule has 1 aromatic heterocycles. The molecule has 3 rings (SSSR count). The molecule has 1 aliphatic rings. The van der Waals surface area contributed by atoms with Gasteiger partial charge in [-0.15, -0.1) is 0 Å². The number of pyridine rings is 1. The van der Waals surface area contributed by atoms with Crippen molar-refractivity contribution in [2.75, 3.05) is 17.2 Å². The summed E-state index contributed by atoms with van der Waals surface area (Å²) in [5.41, 5.74) is 5.15. The quantitative estimate of drug-likeness (QED) is 0.898. The maximum atomic E-state index is 12.1. The second-order valence-electron chi connectivity index (χ2n) is 5.04. The van der Waals surface area contributed by atoms with Gasteiger partial charge in [0.05, 0.1) is 12.1 Å². The number of aryl methyl sites for hydroxylation is 1. The Morgan fingerprint density at radius 1 is 1.40 bits per heavy atom. The predicted molar refractivity (Wildman–Crippen MR) is 79.9 cm³/mol. The topological polar surface area (TPSA) is 54.0 Å². The van der Waals surface area contributed by atoms with Crippen LogP contribution in [0.1, 0.15) is 16.8 Å². The van der Waals surface area contributed by atoms with E-state index in [1.165, 1.54) is 11.3 Å². The molecule has 0 saturated carbocycles. The van der Waals surface area contributed by atoms with Gasteiger partial charge in [0, 0.05) is 24.1 Å². The smallest absolute Gasteiger partial charge is 0.230 e. The molecule has 0 bridgehead atoms. The van der Waals surface area contributed by atoms with E-state index in [0.29, 0.717) is 6.42 Å². The summed E-state index contributed by atoms with van der Waals surface area (Å²) in [6.07, 6.45) is 3.04. The molecule has 102 valence electrons. The molecule has 20 heavy (non-hydrogen) atoms. The molecule has 1 aliphatic heterocycles. The molecular formula is C16H17N3O. The second kappa shape index (κ2) is 5.33. The Kier molecular flexibility index (Phi) is 3.37. The number of anilines is 2. The van der Waals surface area contributed by atoms with E-state index in [1.807, 2.05) is 37.3 Å². The zero-order valence-corrected chi connectivity index (χ0v) is 11.4. The van der Waals surface area contributed by atoms with Crippen LogP contribution < -0.4 is 10.6 Å². The van der Waals surface area contributed by atoms with Crippen molar-refractivity contribution in [3.05, 3.63) is 53.3 Å². The van der Waals surface area contributed by atoms with Crippen molar-refractivity contribution in [2.24, 2.45) is 0 Å². The van der Waals surface area contributed by atoms with E-state index in [2.05, 4.69) is 15.6 Å². The lowest BCUT2D eigenvalue weighted by Crippen LogP contribution is -2.16. The van der Waals surface area contributed by atoms with E-state index < -0.39 is 0 Å². The molecular weight excluding hydrogens is 250 g/mol. The van der Waals surface area contributed by atoms with Gasteiger partial charge in [-0.05, 0) is 48.7 Å². The molecule has 0 radical (unpaired) electrons. The number of carbonyl (C=O) groups is 1. The number of carbonyl (C=O) groups excluding carboxylic acids is 1. The Balaban J connectivity index is 1.69. The Morgan fingerprint density at radius 2 is 2.30 bits per heavy atom. The van der Waals surface area contributed by atoms with Gasteiger partial charge in [-0.25, -0.2) is 0 Å². The predicted octanol–water partition coefficient (Wildman–Crippen LogP) is 2.54. The van der Waals surface area contributed by atoms with Gasteiger partial charge in [-0.3, -0.25) is 9.78 Å². The minimum absolute atomic E-state index is 0.0299. The highest BCUT2D eigenvalue weighted by Crippen LogP contribution is 2.25. The normalized spacial score (nSPS) is 12.7. The van der Waals surface area contributed by atoms with Gasteiger partial charge >= 0.3 is 0 Å². The maximum Gasteiger partial charge on any atom is 0.230 e. The summed E-state index contributed by atoms with van der Waals surface area (Å²) in [5.74, 6) is -0.0299. The minimum atomic E-state index is -0.0299. The van der Waals surface area contributed by atoms with Crippen molar-refractivity contribution in [2.45, 2.75) is 19.8 Å². The largest absolute Gasteiger partial charge is 0.384 e. The first-order valence-corrected chi connectivity index (χ1v) is 6.79. The van der Waals surface area contributed by atoms with Crippen molar-refractivity contribution in [3.63, 3.8) is 0 Å². The SMILES string of the molecule is Cc1cccnc1CC(=O)Nc1ccc2c(c1)CCN2.